The molecule has 3 aromatic rings. The van der Waals surface area contributed by atoms with Crippen LogP contribution in [0, 0.1) is 6.92 Å². The summed E-state index contributed by atoms with van der Waals surface area (Å²) in [7, 11) is 0. The number of hydrogen-bond acceptors (Lipinski definition) is 5. The van der Waals surface area contributed by atoms with Crippen molar-refractivity contribution in [3.63, 3.8) is 0 Å². The van der Waals surface area contributed by atoms with E-state index in [4.69, 9.17) is 0 Å². The average molecular weight is 604 g/mol. The Labute approximate surface area is 262 Å². The van der Waals surface area contributed by atoms with Gasteiger partial charge >= 0.3 is 0 Å². The molecular weight excluding hydrogens is 554 g/mol. The highest BCUT2D eigenvalue weighted by Gasteiger charge is 2.29. The molecule has 0 spiro atoms. The van der Waals surface area contributed by atoms with Crippen molar-refractivity contribution in [2.45, 2.75) is 103 Å². The van der Waals surface area contributed by atoms with Crippen molar-refractivity contribution >= 4 is 23.6 Å². The van der Waals surface area contributed by atoms with Crippen molar-refractivity contribution in [2.24, 2.45) is 0 Å². The van der Waals surface area contributed by atoms with Crippen molar-refractivity contribution in [3.05, 3.63) is 60.2 Å². The minimum Gasteiger partial charge on any atom is -0.339 e. The maximum atomic E-state index is 13.0. The van der Waals surface area contributed by atoms with Crippen LogP contribution >= 0.6 is 11.8 Å². The summed E-state index contributed by atoms with van der Waals surface area (Å²) in [5.41, 5.74) is 3.28. The van der Waals surface area contributed by atoms with Gasteiger partial charge < -0.3 is 9.80 Å². The van der Waals surface area contributed by atoms with Gasteiger partial charge in [0, 0.05) is 55.5 Å². The van der Waals surface area contributed by atoms with Crippen molar-refractivity contribution in [1.29, 1.82) is 0 Å². The molecule has 0 aliphatic carbocycles. The van der Waals surface area contributed by atoms with Gasteiger partial charge in [0.05, 0.1) is 0 Å². The van der Waals surface area contributed by atoms with Gasteiger partial charge in [-0.25, -0.2) is 0 Å². The predicted octanol–water partition coefficient (Wildman–Crippen LogP) is 7.71. The van der Waals surface area contributed by atoms with Gasteiger partial charge in [0.15, 0.2) is 11.0 Å². The number of benzene rings is 2. The second-order valence-corrected chi connectivity index (χ2v) is 12.9. The largest absolute Gasteiger partial charge is 0.339 e. The Morgan fingerprint density at radius 1 is 0.814 bits per heavy atom. The summed E-state index contributed by atoms with van der Waals surface area (Å²) < 4.78 is 2.12. The quantitative estimate of drug-likeness (QED) is 0.124. The van der Waals surface area contributed by atoms with E-state index in [2.05, 4.69) is 71.9 Å². The molecule has 43 heavy (non-hydrogen) atoms. The zero-order valence-electron chi connectivity index (χ0n) is 26.3. The van der Waals surface area contributed by atoms with Crippen LogP contribution in [0.2, 0.25) is 0 Å². The SMILES string of the molecule is CCCCCCCCCC(=O)N1CCN(C(=O)CCCCSc2nnc(-c3ccc(C)cc3)n2-c2ccccc2)CC1C. The monoisotopic (exact) mass is 603 g/mol. The zero-order valence-corrected chi connectivity index (χ0v) is 27.2. The molecule has 1 unspecified atom stereocenters. The van der Waals surface area contributed by atoms with Gasteiger partial charge in [0.25, 0.3) is 0 Å². The summed E-state index contributed by atoms with van der Waals surface area (Å²) in [5.74, 6) is 2.14. The normalized spacial score (nSPS) is 15.2. The predicted molar refractivity (Wildman–Crippen MR) is 176 cm³/mol. The maximum Gasteiger partial charge on any atom is 0.222 e. The smallest absolute Gasteiger partial charge is 0.222 e. The molecular formula is C35H49N5O2S. The molecule has 232 valence electrons. The topological polar surface area (TPSA) is 71.3 Å². The second kappa shape index (κ2) is 17.2. The molecule has 1 aliphatic heterocycles. The Hall–Kier alpha value is -3.13. The van der Waals surface area contributed by atoms with Crippen molar-refractivity contribution in [3.8, 4) is 17.1 Å². The van der Waals surface area contributed by atoms with Crippen LogP contribution in [0.3, 0.4) is 0 Å². The molecule has 1 fully saturated rings. The Bertz CT molecular complexity index is 1280. The molecule has 2 amide bonds. The van der Waals surface area contributed by atoms with E-state index in [-0.39, 0.29) is 17.9 Å². The summed E-state index contributed by atoms with van der Waals surface area (Å²) in [5, 5.41) is 9.94. The van der Waals surface area contributed by atoms with E-state index in [1.165, 1.54) is 37.7 Å². The number of para-hydroxylation sites is 1. The molecule has 2 aromatic carbocycles. The minimum atomic E-state index is 0.0809. The lowest BCUT2D eigenvalue weighted by Crippen LogP contribution is -2.55. The van der Waals surface area contributed by atoms with Gasteiger partial charge in [-0.15, -0.1) is 10.2 Å². The van der Waals surface area contributed by atoms with Crippen LogP contribution < -0.4 is 0 Å². The number of piperazine rings is 1. The third-order valence-electron chi connectivity index (χ3n) is 8.27. The van der Waals surface area contributed by atoms with Crippen molar-refractivity contribution in [1.82, 2.24) is 24.6 Å². The van der Waals surface area contributed by atoms with Gasteiger partial charge in [-0.2, -0.15) is 0 Å². The Balaban J connectivity index is 1.19. The molecule has 7 nitrogen and oxygen atoms in total. The molecule has 8 heteroatoms. The lowest BCUT2D eigenvalue weighted by atomic mass is 10.1. The zero-order chi connectivity index (χ0) is 30.4. The molecule has 4 rings (SSSR count). The summed E-state index contributed by atoms with van der Waals surface area (Å²) in [6.07, 6.45) is 11.4. The number of aromatic nitrogens is 3. The van der Waals surface area contributed by atoms with Crippen LogP contribution in [0.1, 0.15) is 90.0 Å². The number of unbranched alkanes of at least 4 members (excludes halogenated alkanes) is 7. The number of aryl methyl sites for hydroxylation is 1. The Morgan fingerprint density at radius 3 is 2.21 bits per heavy atom. The first-order valence-corrected chi connectivity index (χ1v) is 17.2. The average Bonchev–Trinajstić information content (AvgIpc) is 3.44. The second-order valence-electron chi connectivity index (χ2n) is 11.8. The molecule has 1 atom stereocenters. The van der Waals surface area contributed by atoms with Gasteiger partial charge in [-0.3, -0.25) is 14.2 Å². The van der Waals surface area contributed by atoms with E-state index in [0.29, 0.717) is 32.5 Å². The number of amides is 2. The fraction of sp³-hybridized carbons (Fsp3) is 0.543. The molecule has 1 aromatic heterocycles. The van der Waals surface area contributed by atoms with Crippen LogP contribution in [0.4, 0.5) is 0 Å². The maximum absolute atomic E-state index is 13.0. The van der Waals surface area contributed by atoms with Crippen LogP contribution in [0.25, 0.3) is 17.1 Å². The van der Waals surface area contributed by atoms with Crippen LogP contribution in [0.15, 0.2) is 59.8 Å². The molecule has 1 aliphatic rings. The summed E-state index contributed by atoms with van der Waals surface area (Å²) >= 11 is 1.68. The number of hydrogen-bond donors (Lipinski definition) is 0. The third-order valence-corrected chi connectivity index (χ3v) is 9.28. The molecule has 0 N–H and O–H groups in total. The van der Waals surface area contributed by atoms with Crippen molar-refractivity contribution in [2.75, 3.05) is 25.4 Å². The highest BCUT2D eigenvalue weighted by atomic mass is 32.2. The van der Waals surface area contributed by atoms with Crippen molar-refractivity contribution < 1.29 is 9.59 Å². The highest BCUT2D eigenvalue weighted by Crippen LogP contribution is 2.29. The van der Waals surface area contributed by atoms with E-state index < -0.39 is 0 Å². The van der Waals surface area contributed by atoms with Crippen LogP contribution in [0.5, 0.6) is 0 Å². The Kier molecular flexibility index (Phi) is 13.1. The van der Waals surface area contributed by atoms with Gasteiger partial charge in [0.1, 0.15) is 0 Å². The molecule has 0 bridgehead atoms. The Morgan fingerprint density at radius 2 is 1.49 bits per heavy atom. The highest BCUT2D eigenvalue weighted by molar-refractivity contribution is 7.99. The number of carbonyl (C=O) groups excluding carboxylic acids is 2. The van der Waals surface area contributed by atoms with Crippen LogP contribution in [-0.4, -0.2) is 67.8 Å². The fourth-order valence-electron chi connectivity index (χ4n) is 5.69. The third kappa shape index (κ3) is 9.68. The van der Waals surface area contributed by atoms with Gasteiger partial charge in [-0.05, 0) is 45.2 Å². The number of nitrogens with zero attached hydrogens (tertiary/aromatic N) is 5. The standard InChI is InChI=1S/C35H49N5O2S/c1-4-5-6-7-8-9-13-19-33(42)39-25-24-38(27-29(39)3)32(41)18-14-15-26-43-35-37-36-34(30-22-20-28(2)21-23-30)40(35)31-16-11-10-12-17-31/h10-12,16-17,20-23,29H,4-9,13-15,18-19,24-27H2,1-3H3. The van der Waals surface area contributed by atoms with E-state index in [1.54, 1.807) is 11.8 Å². The first-order valence-electron chi connectivity index (χ1n) is 16.3. The van der Waals surface area contributed by atoms with E-state index >= 15 is 0 Å². The lowest BCUT2D eigenvalue weighted by Gasteiger charge is -2.40. The summed E-state index contributed by atoms with van der Waals surface area (Å²) in [6.45, 7) is 8.32. The molecule has 0 saturated carbocycles. The van der Waals surface area contributed by atoms with E-state index in [1.807, 2.05) is 28.0 Å². The first kappa shape index (κ1) is 32.8. The van der Waals surface area contributed by atoms with Gasteiger partial charge in [-0.1, -0.05) is 105 Å². The number of rotatable bonds is 16. The number of carbonyl (C=O) groups is 2. The lowest BCUT2D eigenvalue weighted by molar-refractivity contribution is -0.142. The summed E-state index contributed by atoms with van der Waals surface area (Å²) in [4.78, 5) is 29.7. The molecule has 1 saturated heterocycles. The summed E-state index contributed by atoms with van der Waals surface area (Å²) in [6, 6.07) is 18.7. The van der Waals surface area contributed by atoms with Crippen LogP contribution in [-0.2, 0) is 9.59 Å². The molecule has 2 heterocycles. The molecule has 0 radical (unpaired) electrons. The minimum absolute atomic E-state index is 0.0809. The number of thioether (sulfide) groups is 1. The van der Waals surface area contributed by atoms with Gasteiger partial charge in [0.2, 0.25) is 11.8 Å². The fourth-order valence-corrected chi connectivity index (χ4v) is 6.64. The van der Waals surface area contributed by atoms with E-state index in [0.717, 1.165) is 53.7 Å². The first-order chi connectivity index (χ1) is 21.0. The van der Waals surface area contributed by atoms with E-state index in [9.17, 15) is 9.59 Å².